The van der Waals surface area contributed by atoms with E-state index in [1.807, 2.05) is 24.3 Å². The number of amidine groups is 1. The quantitative estimate of drug-likeness (QED) is 0.558. The van der Waals surface area contributed by atoms with Crippen LogP contribution < -0.4 is 10.5 Å². The van der Waals surface area contributed by atoms with Crippen molar-refractivity contribution in [1.29, 1.82) is 5.41 Å². The molecular weight excluding hydrogens is 254 g/mol. The highest BCUT2D eigenvalue weighted by Gasteiger charge is 2.13. The number of hydrogen-bond donors (Lipinski definition) is 2. The molecule has 6 heteroatoms. The van der Waals surface area contributed by atoms with Crippen LogP contribution in [0.5, 0.6) is 5.75 Å². The number of rotatable bonds is 3. The highest BCUT2D eigenvalue weighted by Crippen LogP contribution is 2.23. The third-order valence-electron chi connectivity index (χ3n) is 3.08. The lowest BCUT2D eigenvalue weighted by Crippen LogP contribution is -2.15. The monoisotopic (exact) mass is 267 g/mol. The zero-order valence-corrected chi connectivity index (χ0v) is 10.9. The lowest BCUT2D eigenvalue weighted by molar-refractivity contribution is 0.414. The predicted octanol–water partition coefficient (Wildman–Crippen LogP) is 1.71. The summed E-state index contributed by atoms with van der Waals surface area (Å²) in [5.74, 6) is 0.645. The van der Waals surface area contributed by atoms with Gasteiger partial charge in [-0.3, -0.25) is 5.41 Å². The third-order valence-corrected chi connectivity index (χ3v) is 3.08. The Bertz CT molecular complexity index is 793. The molecular formula is C14H13N5O. The van der Waals surface area contributed by atoms with E-state index < -0.39 is 0 Å². The molecule has 3 N–H and O–H groups in total. The van der Waals surface area contributed by atoms with Crippen molar-refractivity contribution in [2.24, 2.45) is 5.73 Å². The smallest absolute Gasteiger partial charge is 0.124 e. The van der Waals surface area contributed by atoms with E-state index in [0.717, 1.165) is 11.0 Å². The zero-order chi connectivity index (χ0) is 14.1. The molecule has 0 amide bonds. The summed E-state index contributed by atoms with van der Waals surface area (Å²) in [6.07, 6.45) is 0. The van der Waals surface area contributed by atoms with E-state index in [4.69, 9.17) is 15.9 Å². The van der Waals surface area contributed by atoms with Crippen LogP contribution in [0.1, 0.15) is 5.56 Å². The number of nitrogens with one attached hydrogen (secondary N) is 1. The average Bonchev–Trinajstić information content (AvgIpc) is 2.90. The average molecular weight is 267 g/mol. The molecule has 0 aliphatic heterocycles. The van der Waals surface area contributed by atoms with Gasteiger partial charge in [0.1, 0.15) is 17.1 Å². The maximum atomic E-state index is 7.69. The van der Waals surface area contributed by atoms with E-state index in [1.165, 1.54) is 0 Å². The molecule has 0 spiro atoms. The van der Waals surface area contributed by atoms with Gasteiger partial charge in [0.15, 0.2) is 0 Å². The fourth-order valence-electron chi connectivity index (χ4n) is 2.09. The molecule has 0 unspecified atom stereocenters. The van der Waals surface area contributed by atoms with Crippen LogP contribution in [0.4, 0.5) is 0 Å². The minimum Gasteiger partial charge on any atom is -0.497 e. The normalized spacial score (nSPS) is 10.7. The van der Waals surface area contributed by atoms with E-state index in [1.54, 1.807) is 30.0 Å². The molecule has 1 heterocycles. The van der Waals surface area contributed by atoms with Gasteiger partial charge in [0.25, 0.3) is 0 Å². The van der Waals surface area contributed by atoms with Gasteiger partial charge in [0.05, 0.1) is 18.3 Å². The topological polar surface area (TPSA) is 89.8 Å². The lowest BCUT2D eigenvalue weighted by atomic mass is 10.1. The Morgan fingerprint density at radius 1 is 1.25 bits per heavy atom. The summed E-state index contributed by atoms with van der Waals surface area (Å²) in [4.78, 5) is 0. The number of nitrogens with zero attached hydrogens (tertiary/aromatic N) is 3. The standard InChI is InChI=1S/C14H13N5O/c1-20-9-6-7-10(14(15)16)13(8-9)19-12-5-3-2-4-11(12)17-18-19/h2-8H,1H3,(H3,15,16). The van der Waals surface area contributed by atoms with E-state index >= 15 is 0 Å². The fraction of sp³-hybridized carbons (Fsp3) is 0.0714. The second-order valence-electron chi connectivity index (χ2n) is 4.29. The van der Waals surface area contributed by atoms with Crippen molar-refractivity contribution in [3.05, 3.63) is 48.0 Å². The largest absolute Gasteiger partial charge is 0.497 e. The summed E-state index contributed by atoms with van der Waals surface area (Å²) in [7, 11) is 1.59. The first-order valence-corrected chi connectivity index (χ1v) is 6.04. The van der Waals surface area contributed by atoms with Crippen molar-refractivity contribution in [2.45, 2.75) is 0 Å². The van der Waals surface area contributed by atoms with Gasteiger partial charge < -0.3 is 10.5 Å². The fourth-order valence-corrected chi connectivity index (χ4v) is 2.09. The molecule has 0 aliphatic rings. The Kier molecular flexibility index (Phi) is 2.83. The minimum atomic E-state index is -0.0257. The molecule has 1 aromatic heterocycles. The van der Waals surface area contributed by atoms with Gasteiger partial charge in [-0.15, -0.1) is 5.10 Å². The van der Waals surface area contributed by atoms with Crippen molar-refractivity contribution < 1.29 is 4.74 Å². The lowest BCUT2D eigenvalue weighted by Gasteiger charge is -2.10. The number of aromatic nitrogens is 3. The molecule has 100 valence electrons. The molecule has 0 radical (unpaired) electrons. The summed E-state index contributed by atoms with van der Waals surface area (Å²) in [5.41, 5.74) is 8.53. The Morgan fingerprint density at radius 3 is 2.80 bits per heavy atom. The summed E-state index contributed by atoms with van der Waals surface area (Å²) in [5, 5.41) is 15.9. The van der Waals surface area contributed by atoms with Crippen molar-refractivity contribution in [1.82, 2.24) is 15.0 Å². The molecule has 0 saturated carbocycles. The molecule has 0 fully saturated rings. The second-order valence-corrected chi connectivity index (χ2v) is 4.29. The number of methoxy groups -OCH3 is 1. The van der Waals surface area contributed by atoms with Crippen LogP contribution in [0, 0.1) is 5.41 Å². The molecule has 0 saturated heterocycles. The summed E-state index contributed by atoms with van der Waals surface area (Å²) < 4.78 is 6.89. The van der Waals surface area contributed by atoms with Crippen molar-refractivity contribution in [3.8, 4) is 11.4 Å². The Morgan fingerprint density at radius 2 is 2.05 bits per heavy atom. The molecule has 2 aromatic carbocycles. The maximum Gasteiger partial charge on any atom is 0.124 e. The van der Waals surface area contributed by atoms with Crippen molar-refractivity contribution >= 4 is 16.9 Å². The number of ether oxygens (including phenoxy) is 1. The molecule has 3 rings (SSSR count). The number of fused-ring (bicyclic) bond motifs is 1. The van der Waals surface area contributed by atoms with Crippen LogP contribution in [-0.4, -0.2) is 27.9 Å². The van der Waals surface area contributed by atoms with Crippen LogP contribution >= 0.6 is 0 Å². The predicted molar refractivity (Wildman–Crippen MR) is 76.4 cm³/mol. The minimum absolute atomic E-state index is 0.0257. The molecule has 0 bridgehead atoms. The first kappa shape index (κ1) is 12.2. The number of benzene rings is 2. The molecule has 3 aromatic rings. The Balaban J connectivity index is 2.29. The van der Waals surface area contributed by atoms with Crippen LogP contribution in [-0.2, 0) is 0 Å². The molecule has 0 atom stereocenters. The zero-order valence-electron chi connectivity index (χ0n) is 10.9. The summed E-state index contributed by atoms with van der Waals surface area (Å²) >= 11 is 0. The van der Waals surface area contributed by atoms with Crippen LogP contribution in [0.25, 0.3) is 16.7 Å². The third kappa shape index (κ3) is 1.87. The highest BCUT2D eigenvalue weighted by atomic mass is 16.5. The van der Waals surface area contributed by atoms with E-state index in [2.05, 4.69) is 10.3 Å². The van der Waals surface area contributed by atoms with Crippen molar-refractivity contribution in [2.75, 3.05) is 7.11 Å². The van der Waals surface area contributed by atoms with Crippen LogP contribution in [0.15, 0.2) is 42.5 Å². The summed E-state index contributed by atoms with van der Waals surface area (Å²) in [6, 6.07) is 12.9. The first-order valence-electron chi connectivity index (χ1n) is 6.04. The Labute approximate surface area is 115 Å². The van der Waals surface area contributed by atoms with Crippen molar-refractivity contribution in [3.63, 3.8) is 0 Å². The van der Waals surface area contributed by atoms with Crippen LogP contribution in [0.2, 0.25) is 0 Å². The van der Waals surface area contributed by atoms with E-state index in [9.17, 15) is 0 Å². The number of para-hydroxylation sites is 1. The molecule has 0 aliphatic carbocycles. The van der Waals surface area contributed by atoms with Gasteiger partial charge in [0, 0.05) is 11.6 Å². The maximum absolute atomic E-state index is 7.69. The van der Waals surface area contributed by atoms with E-state index in [0.29, 0.717) is 17.0 Å². The van der Waals surface area contributed by atoms with Crippen LogP contribution in [0.3, 0.4) is 0 Å². The number of nitrogens with two attached hydrogens (primary N) is 1. The number of nitrogen functional groups attached to an aromatic ring is 1. The second kappa shape index (κ2) is 4.65. The first-order chi connectivity index (χ1) is 9.70. The summed E-state index contributed by atoms with van der Waals surface area (Å²) in [6.45, 7) is 0. The van der Waals surface area contributed by atoms with Gasteiger partial charge in [-0.05, 0) is 24.3 Å². The highest BCUT2D eigenvalue weighted by molar-refractivity contribution is 5.99. The Hall–Kier alpha value is -2.89. The van der Waals surface area contributed by atoms with Gasteiger partial charge in [-0.2, -0.15) is 0 Å². The van der Waals surface area contributed by atoms with E-state index in [-0.39, 0.29) is 5.84 Å². The molecule has 20 heavy (non-hydrogen) atoms. The number of hydrogen-bond acceptors (Lipinski definition) is 4. The SMILES string of the molecule is COc1ccc(C(=N)N)c(-n2nnc3ccccc32)c1. The van der Waals surface area contributed by atoms with Gasteiger partial charge >= 0.3 is 0 Å². The van der Waals surface area contributed by atoms with Gasteiger partial charge in [-0.25, -0.2) is 4.68 Å². The van der Waals surface area contributed by atoms with Gasteiger partial charge in [0.2, 0.25) is 0 Å². The molecule has 6 nitrogen and oxygen atoms in total. The van der Waals surface area contributed by atoms with Gasteiger partial charge in [-0.1, -0.05) is 17.3 Å².